The van der Waals surface area contributed by atoms with Crippen molar-refractivity contribution in [2.45, 2.75) is 129 Å². The van der Waals surface area contributed by atoms with E-state index in [2.05, 4.69) is 6.92 Å². The molecule has 0 aromatic heterocycles. The van der Waals surface area contributed by atoms with Crippen LogP contribution in [0, 0.1) is 58.9 Å². The Morgan fingerprint density at radius 3 is 1.89 bits per heavy atom. The van der Waals surface area contributed by atoms with Crippen molar-refractivity contribution in [3.8, 4) is 0 Å². The van der Waals surface area contributed by atoms with Gasteiger partial charge >= 0.3 is 0 Å². The molecular weight excluding hydrogens is 453 g/mol. The molecule has 3 fully saturated rings. The highest BCUT2D eigenvalue weighted by Gasteiger charge is 2.41. The fourth-order valence-corrected chi connectivity index (χ4v) is 9.05. The van der Waals surface area contributed by atoms with E-state index in [9.17, 15) is 13.2 Å². The summed E-state index contributed by atoms with van der Waals surface area (Å²) in [6.45, 7) is 2.30. The highest BCUT2D eigenvalue weighted by atomic mass is 19.2. The molecule has 0 saturated heterocycles. The van der Waals surface area contributed by atoms with Crippen molar-refractivity contribution in [3.05, 3.63) is 34.6 Å². The lowest BCUT2D eigenvalue weighted by Gasteiger charge is -2.47. The molecule has 0 spiro atoms. The smallest absolute Gasteiger partial charge is 0.194 e. The van der Waals surface area contributed by atoms with Gasteiger partial charge in [0.25, 0.3) is 0 Å². The van der Waals surface area contributed by atoms with Crippen molar-refractivity contribution < 1.29 is 13.2 Å². The van der Waals surface area contributed by atoms with Gasteiger partial charge in [-0.1, -0.05) is 58.3 Å². The van der Waals surface area contributed by atoms with Gasteiger partial charge in [0, 0.05) is 0 Å². The Morgan fingerprint density at radius 2 is 1.22 bits per heavy atom. The van der Waals surface area contributed by atoms with Gasteiger partial charge in [-0.25, -0.2) is 13.2 Å². The maximum Gasteiger partial charge on any atom is 0.194 e. The van der Waals surface area contributed by atoms with Crippen molar-refractivity contribution in [2.24, 2.45) is 41.4 Å². The van der Waals surface area contributed by atoms with Crippen LogP contribution < -0.4 is 0 Å². The van der Waals surface area contributed by atoms with Gasteiger partial charge in [0.1, 0.15) is 0 Å². The lowest BCUT2D eigenvalue weighted by Crippen LogP contribution is -2.37. The second-order valence-electron chi connectivity index (χ2n) is 13.3. The molecule has 202 valence electrons. The quantitative estimate of drug-likeness (QED) is 0.245. The highest BCUT2D eigenvalue weighted by Crippen LogP contribution is 2.51. The van der Waals surface area contributed by atoms with E-state index >= 15 is 0 Å². The maximum atomic E-state index is 14.2. The van der Waals surface area contributed by atoms with Gasteiger partial charge < -0.3 is 0 Å². The number of hydrogen-bond acceptors (Lipinski definition) is 0. The molecule has 36 heavy (non-hydrogen) atoms. The number of halogens is 3. The van der Waals surface area contributed by atoms with Crippen LogP contribution in [0.4, 0.5) is 13.2 Å². The summed E-state index contributed by atoms with van der Waals surface area (Å²) in [5.41, 5.74) is 1.16. The monoisotopic (exact) mass is 502 g/mol. The number of rotatable bonds is 8. The van der Waals surface area contributed by atoms with Crippen LogP contribution in [0.1, 0.15) is 127 Å². The normalized spacial score (nSPS) is 34.7. The Kier molecular flexibility index (Phi) is 9.05. The Labute approximate surface area is 218 Å². The molecule has 4 aliphatic rings. The van der Waals surface area contributed by atoms with Gasteiger partial charge in [-0.15, -0.1) is 0 Å². The van der Waals surface area contributed by atoms with Gasteiger partial charge in [-0.3, -0.25) is 0 Å². The van der Waals surface area contributed by atoms with E-state index in [0.29, 0.717) is 23.8 Å². The zero-order valence-corrected chi connectivity index (χ0v) is 22.7. The molecular formula is C33H49F3. The van der Waals surface area contributed by atoms with Crippen LogP contribution in [-0.2, 0) is 12.8 Å². The van der Waals surface area contributed by atoms with E-state index in [4.69, 9.17) is 0 Å². The fourth-order valence-electron chi connectivity index (χ4n) is 9.05. The molecule has 0 bridgehead atoms. The Hall–Kier alpha value is -0.990. The van der Waals surface area contributed by atoms with Crippen LogP contribution in [0.3, 0.4) is 0 Å². The zero-order valence-electron chi connectivity index (χ0n) is 22.7. The Bertz CT molecular complexity index is 855. The molecule has 4 aliphatic carbocycles. The Morgan fingerprint density at radius 1 is 0.639 bits per heavy atom. The molecule has 0 aliphatic heterocycles. The van der Waals surface area contributed by atoms with Gasteiger partial charge in [0.2, 0.25) is 0 Å². The van der Waals surface area contributed by atoms with Gasteiger partial charge in [0.15, 0.2) is 17.5 Å². The number of benzene rings is 1. The van der Waals surface area contributed by atoms with Crippen molar-refractivity contribution in [2.75, 3.05) is 0 Å². The minimum Gasteiger partial charge on any atom is -0.204 e. The summed E-state index contributed by atoms with van der Waals surface area (Å²) in [6, 6.07) is 1.28. The van der Waals surface area contributed by atoms with E-state index in [1.54, 1.807) is 0 Å². The minimum absolute atomic E-state index is 0.436. The maximum absolute atomic E-state index is 14.2. The molecule has 0 radical (unpaired) electrons. The van der Waals surface area contributed by atoms with E-state index in [1.807, 2.05) is 0 Å². The second-order valence-corrected chi connectivity index (χ2v) is 13.3. The van der Waals surface area contributed by atoms with Crippen LogP contribution in [0.25, 0.3) is 0 Å². The summed E-state index contributed by atoms with van der Waals surface area (Å²) in [4.78, 5) is 0. The van der Waals surface area contributed by atoms with E-state index in [1.165, 1.54) is 109 Å². The largest absolute Gasteiger partial charge is 0.204 e. The summed E-state index contributed by atoms with van der Waals surface area (Å²) in [5, 5.41) is 0. The molecule has 5 rings (SSSR count). The molecule has 0 amide bonds. The molecule has 3 heteroatoms. The second kappa shape index (κ2) is 12.2. The van der Waals surface area contributed by atoms with Crippen LogP contribution >= 0.6 is 0 Å². The Balaban J connectivity index is 1.07. The average molecular weight is 503 g/mol. The van der Waals surface area contributed by atoms with Crippen molar-refractivity contribution in [1.29, 1.82) is 0 Å². The molecule has 5 unspecified atom stereocenters. The van der Waals surface area contributed by atoms with Crippen molar-refractivity contribution >= 4 is 0 Å². The predicted molar refractivity (Wildman–Crippen MR) is 142 cm³/mol. The molecule has 3 saturated carbocycles. The molecule has 5 atom stereocenters. The van der Waals surface area contributed by atoms with Crippen molar-refractivity contribution in [1.82, 2.24) is 0 Å². The molecule has 1 aromatic carbocycles. The third-order valence-corrected chi connectivity index (χ3v) is 11.2. The van der Waals surface area contributed by atoms with E-state index in [0.717, 1.165) is 48.0 Å². The SMILES string of the molecule is CCCCCCCC1CCC(C2CCC3CC(C4CCc5c(cc(F)c(F)c5F)C4)CCC3C2)CC1. The lowest BCUT2D eigenvalue weighted by atomic mass is 9.58. The molecule has 0 N–H and O–H groups in total. The summed E-state index contributed by atoms with van der Waals surface area (Å²) >= 11 is 0. The first-order valence-electron chi connectivity index (χ1n) is 15.7. The highest BCUT2D eigenvalue weighted by molar-refractivity contribution is 5.33. The van der Waals surface area contributed by atoms with Crippen LogP contribution in [0.2, 0.25) is 0 Å². The lowest BCUT2D eigenvalue weighted by molar-refractivity contribution is 0.0438. The number of unbranched alkanes of at least 4 members (excludes halogenated alkanes) is 4. The molecule has 0 heterocycles. The van der Waals surface area contributed by atoms with Gasteiger partial charge in [-0.05, 0) is 129 Å². The zero-order chi connectivity index (χ0) is 25.1. The van der Waals surface area contributed by atoms with Gasteiger partial charge in [-0.2, -0.15) is 0 Å². The van der Waals surface area contributed by atoms with Gasteiger partial charge in [0.05, 0.1) is 0 Å². The first-order valence-corrected chi connectivity index (χ1v) is 15.7. The average Bonchev–Trinajstić information content (AvgIpc) is 2.91. The summed E-state index contributed by atoms with van der Waals surface area (Å²) < 4.78 is 41.8. The molecule has 0 nitrogen and oxygen atoms in total. The number of hydrogen-bond donors (Lipinski definition) is 0. The predicted octanol–water partition coefficient (Wildman–Crippen LogP) is 10.2. The first-order chi connectivity index (χ1) is 17.5. The first kappa shape index (κ1) is 26.6. The third-order valence-electron chi connectivity index (χ3n) is 11.2. The summed E-state index contributed by atoms with van der Waals surface area (Å²) in [6.07, 6.45) is 25.0. The minimum atomic E-state index is -1.29. The topological polar surface area (TPSA) is 0 Å². The third kappa shape index (κ3) is 6.01. The van der Waals surface area contributed by atoms with E-state index in [-0.39, 0.29) is 0 Å². The summed E-state index contributed by atoms with van der Waals surface area (Å²) in [7, 11) is 0. The van der Waals surface area contributed by atoms with Crippen LogP contribution in [-0.4, -0.2) is 0 Å². The standard InChI is InChI=1S/C33H49F3/c1-2-3-4-5-6-7-22-8-10-23(11-9-22)24-12-13-26-19-27(15-14-25(26)18-24)28-16-17-30-29(20-28)21-31(34)33(36)32(30)35/h21-28H,2-20H2,1H3. The van der Waals surface area contributed by atoms with Crippen molar-refractivity contribution in [3.63, 3.8) is 0 Å². The van der Waals surface area contributed by atoms with E-state index < -0.39 is 17.5 Å². The van der Waals surface area contributed by atoms with Crippen LogP contribution in [0.5, 0.6) is 0 Å². The summed E-state index contributed by atoms with van der Waals surface area (Å²) in [5.74, 6) is 2.68. The fraction of sp³-hybridized carbons (Fsp3) is 0.818. The van der Waals surface area contributed by atoms with Crippen LogP contribution in [0.15, 0.2) is 6.07 Å². The number of fused-ring (bicyclic) bond motifs is 2. The molecule has 1 aromatic rings.